The summed E-state index contributed by atoms with van der Waals surface area (Å²) >= 11 is 0. The van der Waals surface area contributed by atoms with Crippen molar-refractivity contribution in [1.29, 1.82) is 0 Å². The van der Waals surface area contributed by atoms with Crippen LogP contribution in [-0.4, -0.2) is 18.7 Å². The summed E-state index contributed by atoms with van der Waals surface area (Å²) in [6.45, 7) is 0. The third-order valence-electron chi connectivity index (χ3n) is 5.50. The first kappa shape index (κ1) is 18.0. The number of hydrogen-bond donors (Lipinski definition) is 1. The van der Waals surface area contributed by atoms with Crippen LogP contribution in [0.1, 0.15) is 80.3 Å². The van der Waals surface area contributed by atoms with Crippen LogP contribution in [0, 0.1) is 0 Å². The molecule has 130 valence electrons. The molecule has 3 nitrogen and oxygen atoms in total. The van der Waals surface area contributed by atoms with Gasteiger partial charge < -0.3 is 5.73 Å². The number of para-hydroxylation sites is 1. The van der Waals surface area contributed by atoms with Gasteiger partial charge in [-0.25, -0.2) is 4.98 Å². The Labute approximate surface area is 151 Å². The molecule has 4 heteroatoms. The van der Waals surface area contributed by atoms with Crippen molar-refractivity contribution in [2.45, 2.75) is 69.5 Å². The summed E-state index contributed by atoms with van der Waals surface area (Å²) in [7, 11) is 6.98. The van der Waals surface area contributed by atoms with Crippen molar-refractivity contribution >= 4 is 24.7 Å². The van der Waals surface area contributed by atoms with Crippen LogP contribution in [0.4, 0.5) is 0 Å². The fraction of sp³-hybridized carbons (Fsp3) is 0.524. The minimum atomic E-state index is -0.493. The lowest BCUT2D eigenvalue weighted by molar-refractivity contribution is 0.0996. The monoisotopic (exact) mass is 334 g/mol. The maximum Gasteiger partial charge on any atom is 0.267 e. The number of fused-ring (bicyclic) bond motifs is 1. The zero-order valence-electron chi connectivity index (χ0n) is 15.0. The minimum absolute atomic E-state index is 0.313. The SMILES string of the molecule is [B]C1(c2cc(C(N)=O)nc3ccccc23)CCCCCCCCCC1. The van der Waals surface area contributed by atoms with Crippen LogP contribution in [0.2, 0.25) is 0 Å². The third kappa shape index (κ3) is 4.23. The molecular weight excluding hydrogens is 307 g/mol. The fourth-order valence-electron chi connectivity index (χ4n) is 4.05. The summed E-state index contributed by atoms with van der Waals surface area (Å²) in [5.74, 6) is -0.493. The third-order valence-corrected chi connectivity index (χ3v) is 5.50. The average molecular weight is 334 g/mol. The van der Waals surface area contributed by atoms with E-state index in [9.17, 15) is 4.79 Å². The quantitative estimate of drug-likeness (QED) is 0.815. The van der Waals surface area contributed by atoms with Crippen LogP contribution in [-0.2, 0) is 5.31 Å². The number of carbonyl (C=O) groups excluding carboxylic acids is 1. The van der Waals surface area contributed by atoms with E-state index in [4.69, 9.17) is 13.6 Å². The Hall–Kier alpha value is -1.84. The molecule has 25 heavy (non-hydrogen) atoms. The average Bonchev–Trinajstić information content (AvgIpc) is 2.66. The normalized spacial score (nSPS) is 19.2. The van der Waals surface area contributed by atoms with Gasteiger partial charge in [0, 0.05) is 5.39 Å². The molecule has 1 saturated carbocycles. The number of nitrogens with two attached hydrogens (primary N) is 1. The Morgan fingerprint density at radius 3 is 2.12 bits per heavy atom. The molecule has 0 unspecified atom stereocenters. The first-order chi connectivity index (χ1) is 12.1. The molecule has 3 rings (SSSR count). The van der Waals surface area contributed by atoms with Crippen molar-refractivity contribution in [2.24, 2.45) is 5.73 Å². The van der Waals surface area contributed by atoms with Crippen molar-refractivity contribution in [2.75, 3.05) is 0 Å². The molecule has 1 fully saturated rings. The number of nitrogens with zero attached hydrogens (tertiary/aromatic N) is 1. The summed E-state index contributed by atoms with van der Waals surface area (Å²) in [5, 5.41) is 0.627. The molecule has 1 aromatic carbocycles. The highest BCUT2D eigenvalue weighted by Gasteiger charge is 2.28. The van der Waals surface area contributed by atoms with Gasteiger partial charge in [-0.15, -0.1) is 0 Å². The molecule has 0 saturated heterocycles. The molecule has 1 aliphatic rings. The molecule has 0 atom stereocenters. The zero-order valence-corrected chi connectivity index (χ0v) is 15.0. The van der Waals surface area contributed by atoms with Crippen LogP contribution < -0.4 is 5.73 Å². The predicted octanol–water partition coefficient (Wildman–Crippen LogP) is 4.61. The Kier molecular flexibility index (Phi) is 5.77. The standard InChI is InChI=1S/C21H27BN2O/c22-21(13-9-5-3-1-2-4-6-10-14-21)17-15-19(20(23)25)24-18-12-8-7-11-16(17)18/h7-8,11-12,15H,1-6,9-10,13-14H2,(H2,23,25). The van der Waals surface area contributed by atoms with Gasteiger partial charge >= 0.3 is 0 Å². The molecule has 1 aromatic heterocycles. The Balaban J connectivity index is 2.04. The van der Waals surface area contributed by atoms with Crippen molar-refractivity contribution in [3.63, 3.8) is 0 Å². The number of benzene rings is 1. The summed E-state index contributed by atoms with van der Waals surface area (Å²) in [5.41, 5.74) is 7.67. The number of rotatable bonds is 2. The number of amides is 1. The van der Waals surface area contributed by atoms with Crippen LogP contribution in [0.15, 0.2) is 30.3 Å². The van der Waals surface area contributed by atoms with Gasteiger partial charge in [0.05, 0.1) is 13.4 Å². The minimum Gasteiger partial charge on any atom is -0.364 e. The predicted molar refractivity (Wildman–Crippen MR) is 104 cm³/mol. The van der Waals surface area contributed by atoms with Crippen LogP contribution >= 0.6 is 0 Å². The van der Waals surface area contributed by atoms with Gasteiger partial charge in [0.1, 0.15) is 5.69 Å². The second-order valence-corrected chi connectivity index (χ2v) is 7.42. The van der Waals surface area contributed by atoms with Crippen molar-refractivity contribution in [1.82, 2.24) is 4.98 Å². The second kappa shape index (κ2) is 8.03. The van der Waals surface area contributed by atoms with Gasteiger partial charge in [-0.1, -0.05) is 82.4 Å². The molecule has 2 aromatic rings. The lowest BCUT2D eigenvalue weighted by atomic mass is 9.58. The van der Waals surface area contributed by atoms with Gasteiger partial charge in [-0.2, -0.15) is 0 Å². The Morgan fingerprint density at radius 2 is 1.52 bits per heavy atom. The van der Waals surface area contributed by atoms with Crippen molar-refractivity contribution in [3.8, 4) is 0 Å². The first-order valence-electron chi connectivity index (χ1n) is 9.59. The van der Waals surface area contributed by atoms with Gasteiger partial charge in [0.2, 0.25) is 0 Å². The van der Waals surface area contributed by atoms with E-state index in [0.29, 0.717) is 5.69 Å². The molecule has 1 heterocycles. The molecule has 1 aliphatic carbocycles. The largest absolute Gasteiger partial charge is 0.364 e. The highest BCUT2D eigenvalue weighted by molar-refractivity contribution is 6.17. The molecule has 0 bridgehead atoms. The smallest absolute Gasteiger partial charge is 0.267 e. The molecule has 2 radical (unpaired) electrons. The van der Waals surface area contributed by atoms with Crippen LogP contribution in [0.3, 0.4) is 0 Å². The number of aromatic nitrogens is 1. The lowest BCUT2D eigenvalue weighted by Crippen LogP contribution is -2.28. The molecule has 0 spiro atoms. The molecule has 2 N–H and O–H groups in total. The van der Waals surface area contributed by atoms with Gasteiger partial charge in [0.15, 0.2) is 0 Å². The Morgan fingerprint density at radius 1 is 0.960 bits per heavy atom. The van der Waals surface area contributed by atoms with Gasteiger partial charge in [0.25, 0.3) is 5.91 Å². The van der Waals surface area contributed by atoms with E-state index < -0.39 is 11.2 Å². The topological polar surface area (TPSA) is 56.0 Å². The molecule has 1 amide bonds. The van der Waals surface area contributed by atoms with E-state index in [0.717, 1.165) is 42.1 Å². The molecular formula is C21H27BN2O. The van der Waals surface area contributed by atoms with E-state index >= 15 is 0 Å². The summed E-state index contributed by atoms with van der Waals surface area (Å²) in [6.07, 6.45) is 11.8. The van der Waals surface area contributed by atoms with E-state index in [2.05, 4.69) is 11.1 Å². The van der Waals surface area contributed by atoms with Gasteiger partial charge in [-0.3, -0.25) is 4.79 Å². The maximum absolute atomic E-state index is 11.8. The van der Waals surface area contributed by atoms with Crippen molar-refractivity contribution in [3.05, 3.63) is 41.6 Å². The van der Waals surface area contributed by atoms with Gasteiger partial charge in [-0.05, 0) is 23.0 Å². The second-order valence-electron chi connectivity index (χ2n) is 7.42. The summed E-state index contributed by atoms with van der Waals surface area (Å²) in [6, 6.07) is 9.77. The van der Waals surface area contributed by atoms with Crippen LogP contribution in [0.5, 0.6) is 0 Å². The van der Waals surface area contributed by atoms with E-state index in [1.54, 1.807) is 0 Å². The van der Waals surface area contributed by atoms with E-state index in [-0.39, 0.29) is 0 Å². The fourth-order valence-corrected chi connectivity index (χ4v) is 4.05. The van der Waals surface area contributed by atoms with Crippen molar-refractivity contribution < 1.29 is 4.79 Å². The summed E-state index contributed by atoms with van der Waals surface area (Å²) < 4.78 is 0. The summed E-state index contributed by atoms with van der Waals surface area (Å²) in [4.78, 5) is 16.2. The zero-order chi connectivity index (χ0) is 17.7. The lowest BCUT2D eigenvalue weighted by Gasteiger charge is -2.32. The number of carbonyl (C=O) groups is 1. The number of primary amides is 1. The number of pyridine rings is 1. The molecule has 0 aliphatic heterocycles. The van der Waals surface area contributed by atoms with E-state index in [1.165, 1.54) is 38.5 Å². The maximum atomic E-state index is 11.8. The first-order valence-corrected chi connectivity index (χ1v) is 9.59. The number of hydrogen-bond acceptors (Lipinski definition) is 2. The Bertz CT molecular complexity index is 732. The highest BCUT2D eigenvalue weighted by Crippen LogP contribution is 2.37. The van der Waals surface area contributed by atoms with Crippen LogP contribution in [0.25, 0.3) is 10.9 Å². The van der Waals surface area contributed by atoms with E-state index in [1.807, 2.05) is 24.3 Å². The highest BCUT2D eigenvalue weighted by atomic mass is 16.1.